The van der Waals surface area contributed by atoms with E-state index in [2.05, 4.69) is 72.0 Å². The van der Waals surface area contributed by atoms with E-state index in [4.69, 9.17) is 0 Å². The largest absolute Gasteiger partial charge is 0.369 e. The third-order valence-electron chi connectivity index (χ3n) is 4.07. The fourth-order valence-electron chi connectivity index (χ4n) is 2.42. The molecule has 2 nitrogen and oxygen atoms in total. The summed E-state index contributed by atoms with van der Waals surface area (Å²) >= 11 is 3.60. The standard InChI is InChI=1S/C17H29BrN2/c1-6-8-11-20(13(3)7-2)17-10-9-15(18)12-16(17)14(4)19-5/h9-10,12-14,19H,6-8,11H2,1-5H3. The maximum absolute atomic E-state index is 3.60. The summed E-state index contributed by atoms with van der Waals surface area (Å²) in [6.45, 7) is 10.2. The molecule has 0 aliphatic heterocycles. The second-order valence-corrected chi connectivity index (χ2v) is 6.43. The van der Waals surface area contributed by atoms with Crippen molar-refractivity contribution in [3.05, 3.63) is 28.2 Å². The predicted octanol–water partition coefficient (Wildman–Crippen LogP) is 5.13. The number of rotatable bonds is 8. The average molecular weight is 341 g/mol. The van der Waals surface area contributed by atoms with Gasteiger partial charge in [0.05, 0.1) is 0 Å². The Kier molecular flexibility index (Phi) is 7.60. The van der Waals surface area contributed by atoms with Crippen molar-refractivity contribution in [2.24, 2.45) is 0 Å². The molecule has 1 aromatic carbocycles. The van der Waals surface area contributed by atoms with Crippen LogP contribution < -0.4 is 10.2 Å². The van der Waals surface area contributed by atoms with Crippen LogP contribution in [0.3, 0.4) is 0 Å². The molecule has 0 bridgehead atoms. The average Bonchev–Trinajstić information content (AvgIpc) is 2.47. The van der Waals surface area contributed by atoms with E-state index in [9.17, 15) is 0 Å². The Morgan fingerprint density at radius 1 is 1.25 bits per heavy atom. The van der Waals surface area contributed by atoms with Crippen molar-refractivity contribution in [2.45, 2.75) is 59.0 Å². The fourth-order valence-corrected chi connectivity index (χ4v) is 2.80. The quantitative estimate of drug-likeness (QED) is 0.705. The van der Waals surface area contributed by atoms with E-state index in [1.807, 2.05) is 7.05 Å². The first-order chi connectivity index (χ1) is 9.54. The third-order valence-corrected chi connectivity index (χ3v) is 4.57. The minimum absolute atomic E-state index is 0.357. The van der Waals surface area contributed by atoms with E-state index in [1.54, 1.807) is 0 Å². The van der Waals surface area contributed by atoms with Gasteiger partial charge in [-0.1, -0.05) is 36.2 Å². The monoisotopic (exact) mass is 340 g/mol. The highest BCUT2D eigenvalue weighted by Crippen LogP contribution is 2.31. The van der Waals surface area contributed by atoms with Crippen molar-refractivity contribution in [3.63, 3.8) is 0 Å². The van der Waals surface area contributed by atoms with Gasteiger partial charge in [0.2, 0.25) is 0 Å². The molecular formula is C17H29BrN2. The summed E-state index contributed by atoms with van der Waals surface area (Å²) in [4.78, 5) is 2.57. The van der Waals surface area contributed by atoms with Crippen LogP contribution in [0, 0.1) is 0 Å². The van der Waals surface area contributed by atoms with E-state index in [0.29, 0.717) is 12.1 Å². The zero-order valence-electron chi connectivity index (χ0n) is 13.5. The summed E-state index contributed by atoms with van der Waals surface area (Å²) in [7, 11) is 2.02. The van der Waals surface area contributed by atoms with Gasteiger partial charge in [0.1, 0.15) is 0 Å². The summed E-state index contributed by atoms with van der Waals surface area (Å²) in [5, 5.41) is 3.37. The van der Waals surface area contributed by atoms with Gasteiger partial charge >= 0.3 is 0 Å². The SMILES string of the molecule is CCCCN(c1ccc(Br)cc1C(C)NC)C(C)CC. The molecule has 20 heavy (non-hydrogen) atoms. The third kappa shape index (κ3) is 4.49. The Morgan fingerprint density at radius 2 is 1.95 bits per heavy atom. The molecule has 0 heterocycles. The molecule has 0 spiro atoms. The van der Waals surface area contributed by atoms with E-state index in [1.165, 1.54) is 30.5 Å². The lowest BCUT2D eigenvalue weighted by atomic mass is 10.0. The topological polar surface area (TPSA) is 15.3 Å². The van der Waals surface area contributed by atoms with Crippen LogP contribution in [0.25, 0.3) is 0 Å². The van der Waals surface area contributed by atoms with Gasteiger partial charge in [-0.05, 0) is 57.5 Å². The van der Waals surface area contributed by atoms with Crippen molar-refractivity contribution < 1.29 is 0 Å². The number of nitrogens with one attached hydrogen (secondary N) is 1. The number of halogens is 1. The molecule has 0 aliphatic carbocycles. The van der Waals surface area contributed by atoms with Crippen molar-refractivity contribution in [3.8, 4) is 0 Å². The molecule has 0 saturated carbocycles. The molecule has 1 N–H and O–H groups in total. The number of unbranched alkanes of at least 4 members (excludes halogenated alkanes) is 1. The maximum atomic E-state index is 3.60. The molecule has 0 amide bonds. The molecule has 2 atom stereocenters. The highest BCUT2D eigenvalue weighted by Gasteiger charge is 2.18. The Bertz CT molecular complexity index is 406. The molecule has 114 valence electrons. The second-order valence-electron chi connectivity index (χ2n) is 5.52. The number of hydrogen-bond acceptors (Lipinski definition) is 2. The van der Waals surface area contributed by atoms with Crippen molar-refractivity contribution in [1.29, 1.82) is 0 Å². The van der Waals surface area contributed by atoms with E-state index in [0.717, 1.165) is 11.0 Å². The zero-order valence-corrected chi connectivity index (χ0v) is 15.1. The maximum Gasteiger partial charge on any atom is 0.0417 e. The Labute approximate surface area is 133 Å². The Morgan fingerprint density at radius 3 is 2.50 bits per heavy atom. The molecule has 1 rings (SSSR count). The highest BCUT2D eigenvalue weighted by atomic mass is 79.9. The lowest BCUT2D eigenvalue weighted by Crippen LogP contribution is -2.35. The predicted molar refractivity (Wildman–Crippen MR) is 93.6 cm³/mol. The fraction of sp³-hybridized carbons (Fsp3) is 0.647. The summed E-state index contributed by atoms with van der Waals surface area (Å²) in [6.07, 6.45) is 3.65. The van der Waals surface area contributed by atoms with Crippen molar-refractivity contribution in [1.82, 2.24) is 5.32 Å². The van der Waals surface area contributed by atoms with Gasteiger partial charge in [-0.3, -0.25) is 0 Å². The van der Waals surface area contributed by atoms with Gasteiger partial charge in [-0.2, -0.15) is 0 Å². The molecule has 3 heteroatoms. The molecule has 1 aromatic rings. The first-order valence-electron chi connectivity index (χ1n) is 7.78. The van der Waals surface area contributed by atoms with Gasteiger partial charge in [0, 0.05) is 28.8 Å². The van der Waals surface area contributed by atoms with E-state index in [-0.39, 0.29) is 0 Å². The van der Waals surface area contributed by atoms with Gasteiger partial charge in [0.15, 0.2) is 0 Å². The van der Waals surface area contributed by atoms with Crippen LogP contribution in [0.4, 0.5) is 5.69 Å². The lowest BCUT2D eigenvalue weighted by molar-refractivity contribution is 0.583. The van der Waals surface area contributed by atoms with Crippen LogP contribution in [-0.4, -0.2) is 19.6 Å². The second kappa shape index (κ2) is 8.68. The van der Waals surface area contributed by atoms with Gasteiger partial charge in [-0.15, -0.1) is 0 Å². The molecule has 0 fully saturated rings. The number of anilines is 1. The minimum Gasteiger partial charge on any atom is -0.369 e. The Balaban J connectivity index is 3.16. The number of benzene rings is 1. The highest BCUT2D eigenvalue weighted by molar-refractivity contribution is 9.10. The van der Waals surface area contributed by atoms with Crippen LogP contribution in [0.1, 0.15) is 58.6 Å². The lowest BCUT2D eigenvalue weighted by Gasteiger charge is -2.34. The molecule has 0 saturated heterocycles. The number of hydrogen-bond donors (Lipinski definition) is 1. The molecule has 0 aromatic heterocycles. The van der Waals surface area contributed by atoms with Crippen LogP contribution in [0.15, 0.2) is 22.7 Å². The first-order valence-corrected chi connectivity index (χ1v) is 8.57. The van der Waals surface area contributed by atoms with Crippen molar-refractivity contribution >= 4 is 21.6 Å². The molecule has 2 unspecified atom stereocenters. The first kappa shape index (κ1) is 17.5. The van der Waals surface area contributed by atoms with Crippen LogP contribution in [0.5, 0.6) is 0 Å². The van der Waals surface area contributed by atoms with Gasteiger partial charge < -0.3 is 10.2 Å². The van der Waals surface area contributed by atoms with Gasteiger partial charge in [0.25, 0.3) is 0 Å². The molecular weight excluding hydrogens is 312 g/mol. The van der Waals surface area contributed by atoms with Crippen LogP contribution in [-0.2, 0) is 0 Å². The number of nitrogens with zero attached hydrogens (tertiary/aromatic N) is 1. The van der Waals surface area contributed by atoms with Crippen LogP contribution in [0.2, 0.25) is 0 Å². The summed E-state index contributed by atoms with van der Waals surface area (Å²) in [5.41, 5.74) is 2.75. The van der Waals surface area contributed by atoms with E-state index >= 15 is 0 Å². The Hall–Kier alpha value is -0.540. The van der Waals surface area contributed by atoms with Gasteiger partial charge in [-0.25, -0.2) is 0 Å². The summed E-state index contributed by atoms with van der Waals surface area (Å²) < 4.78 is 1.15. The summed E-state index contributed by atoms with van der Waals surface area (Å²) in [5.74, 6) is 0. The minimum atomic E-state index is 0.357. The zero-order chi connectivity index (χ0) is 15.1. The molecule has 0 radical (unpaired) electrons. The summed E-state index contributed by atoms with van der Waals surface area (Å²) in [6, 6.07) is 7.59. The smallest absolute Gasteiger partial charge is 0.0417 e. The van der Waals surface area contributed by atoms with Crippen LogP contribution >= 0.6 is 15.9 Å². The molecule has 0 aliphatic rings. The van der Waals surface area contributed by atoms with Crippen molar-refractivity contribution in [2.75, 3.05) is 18.5 Å². The van der Waals surface area contributed by atoms with E-state index < -0.39 is 0 Å². The normalized spacial score (nSPS) is 14.1.